The average molecular weight is 349 g/mol. The number of hydrogen-bond donors (Lipinski definition) is 0. The molecule has 1 saturated heterocycles. The van der Waals surface area contributed by atoms with Gasteiger partial charge in [0.1, 0.15) is 5.58 Å². The van der Waals surface area contributed by atoms with E-state index in [2.05, 4.69) is 9.97 Å². The summed E-state index contributed by atoms with van der Waals surface area (Å²) in [6.45, 7) is 3.14. The van der Waals surface area contributed by atoms with Gasteiger partial charge in [-0.15, -0.1) is 0 Å². The molecular weight excluding hydrogens is 330 g/mol. The molecule has 132 valence electrons. The number of carbonyl (C=O) groups is 1. The Bertz CT molecular complexity index is 1020. The quantitative estimate of drug-likeness (QED) is 0.711. The Morgan fingerprint density at radius 2 is 1.96 bits per heavy atom. The van der Waals surface area contributed by atoms with Crippen molar-refractivity contribution in [3.8, 4) is 0 Å². The molecule has 1 aromatic carbocycles. The van der Waals surface area contributed by atoms with Crippen LogP contribution in [0.5, 0.6) is 0 Å². The van der Waals surface area contributed by atoms with Crippen LogP contribution in [0.2, 0.25) is 0 Å². The maximum atomic E-state index is 12.8. The first kappa shape index (κ1) is 16.4. The molecule has 0 N–H and O–H groups in total. The second kappa shape index (κ2) is 6.71. The maximum absolute atomic E-state index is 12.8. The lowest BCUT2D eigenvalue weighted by molar-refractivity contribution is 0.0680. The van der Waals surface area contributed by atoms with Crippen LogP contribution in [-0.4, -0.2) is 33.9 Å². The summed E-state index contributed by atoms with van der Waals surface area (Å²) in [5.41, 5.74) is 2.13. The van der Waals surface area contributed by atoms with Crippen LogP contribution in [0.25, 0.3) is 11.0 Å². The largest absolute Gasteiger partial charge is 0.451 e. The molecule has 4 rings (SSSR count). The monoisotopic (exact) mass is 349 g/mol. The van der Waals surface area contributed by atoms with E-state index >= 15 is 0 Å². The Hall–Kier alpha value is -3.02. The summed E-state index contributed by atoms with van der Waals surface area (Å²) in [7, 11) is 0. The van der Waals surface area contributed by atoms with Gasteiger partial charge in [0.25, 0.3) is 5.91 Å². The minimum Gasteiger partial charge on any atom is -0.451 e. The summed E-state index contributed by atoms with van der Waals surface area (Å²) >= 11 is 0. The number of likely N-dealkylation sites (tertiary alicyclic amines) is 1. The van der Waals surface area contributed by atoms with Gasteiger partial charge in [0, 0.05) is 37.5 Å². The predicted octanol–water partition coefficient (Wildman–Crippen LogP) is 2.91. The second-order valence-electron chi connectivity index (χ2n) is 6.62. The van der Waals surface area contributed by atoms with Gasteiger partial charge in [-0.2, -0.15) is 0 Å². The van der Waals surface area contributed by atoms with Gasteiger partial charge in [-0.1, -0.05) is 12.1 Å². The molecule has 3 aromatic rings. The van der Waals surface area contributed by atoms with E-state index in [9.17, 15) is 9.59 Å². The highest BCUT2D eigenvalue weighted by Gasteiger charge is 2.27. The van der Waals surface area contributed by atoms with Crippen LogP contribution in [-0.2, 0) is 0 Å². The summed E-state index contributed by atoms with van der Waals surface area (Å²) in [6, 6.07) is 8.26. The highest BCUT2D eigenvalue weighted by Crippen LogP contribution is 2.27. The topological polar surface area (TPSA) is 76.3 Å². The predicted molar refractivity (Wildman–Crippen MR) is 97.1 cm³/mol. The molecule has 1 aliphatic rings. The molecule has 26 heavy (non-hydrogen) atoms. The van der Waals surface area contributed by atoms with E-state index in [-0.39, 0.29) is 17.1 Å². The zero-order chi connectivity index (χ0) is 18.1. The maximum Gasteiger partial charge on any atom is 0.289 e. The lowest BCUT2D eigenvalue weighted by Crippen LogP contribution is -2.38. The number of piperidine rings is 1. The number of aromatic nitrogens is 2. The molecule has 0 spiro atoms. The minimum atomic E-state index is -0.235. The van der Waals surface area contributed by atoms with Crippen LogP contribution >= 0.6 is 0 Å². The highest BCUT2D eigenvalue weighted by atomic mass is 16.3. The molecule has 1 amide bonds. The van der Waals surface area contributed by atoms with Crippen molar-refractivity contribution in [2.45, 2.75) is 25.7 Å². The van der Waals surface area contributed by atoms with E-state index in [1.54, 1.807) is 41.6 Å². The lowest BCUT2D eigenvalue weighted by Gasteiger charge is -2.31. The van der Waals surface area contributed by atoms with Crippen LogP contribution in [0.1, 0.15) is 40.7 Å². The van der Waals surface area contributed by atoms with E-state index in [1.807, 2.05) is 6.92 Å². The molecule has 6 nitrogen and oxygen atoms in total. The van der Waals surface area contributed by atoms with Crippen molar-refractivity contribution in [2.75, 3.05) is 13.1 Å². The number of benzene rings is 1. The van der Waals surface area contributed by atoms with E-state index in [0.717, 1.165) is 24.2 Å². The zero-order valence-corrected chi connectivity index (χ0v) is 14.5. The van der Waals surface area contributed by atoms with Gasteiger partial charge in [0.05, 0.1) is 16.8 Å². The number of carbonyl (C=O) groups excluding carboxylic acids is 1. The van der Waals surface area contributed by atoms with Gasteiger partial charge in [-0.3, -0.25) is 19.6 Å². The third kappa shape index (κ3) is 3.10. The third-order valence-corrected chi connectivity index (χ3v) is 4.82. The van der Waals surface area contributed by atoms with Crippen molar-refractivity contribution in [2.24, 2.45) is 0 Å². The van der Waals surface area contributed by atoms with E-state index in [1.165, 1.54) is 6.07 Å². The molecule has 2 aromatic heterocycles. The fraction of sp³-hybridized carbons (Fsp3) is 0.300. The number of fused-ring (bicyclic) bond motifs is 1. The lowest BCUT2D eigenvalue weighted by atomic mass is 9.93. The van der Waals surface area contributed by atoms with Crippen LogP contribution in [0, 0.1) is 6.92 Å². The molecule has 0 bridgehead atoms. The first-order chi connectivity index (χ1) is 12.6. The Labute approximate surface area is 150 Å². The minimum absolute atomic E-state index is 0.0995. The van der Waals surface area contributed by atoms with E-state index in [0.29, 0.717) is 30.0 Å². The number of rotatable bonds is 2. The van der Waals surface area contributed by atoms with Crippen molar-refractivity contribution >= 4 is 16.9 Å². The van der Waals surface area contributed by atoms with Gasteiger partial charge < -0.3 is 9.32 Å². The van der Waals surface area contributed by atoms with Crippen LogP contribution in [0.3, 0.4) is 0 Å². The third-order valence-electron chi connectivity index (χ3n) is 4.82. The molecule has 0 saturated carbocycles. The Morgan fingerprint density at radius 3 is 2.73 bits per heavy atom. The molecular formula is C20H19N3O3. The smallest absolute Gasteiger partial charge is 0.289 e. The molecule has 3 heterocycles. The number of aryl methyl sites for hydroxylation is 1. The van der Waals surface area contributed by atoms with Crippen molar-refractivity contribution in [1.82, 2.24) is 14.9 Å². The van der Waals surface area contributed by atoms with Crippen molar-refractivity contribution < 1.29 is 9.21 Å². The van der Waals surface area contributed by atoms with E-state index in [4.69, 9.17) is 4.42 Å². The molecule has 0 unspecified atom stereocenters. The summed E-state index contributed by atoms with van der Waals surface area (Å²) in [5, 5.41) is 0.487. The molecule has 0 atom stereocenters. The number of para-hydroxylation sites is 1. The second-order valence-corrected chi connectivity index (χ2v) is 6.62. The van der Waals surface area contributed by atoms with E-state index < -0.39 is 0 Å². The first-order valence-corrected chi connectivity index (χ1v) is 8.72. The van der Waals surface area contributed by atoms with Crippen molar-refractivity contribution in [3.63, 3.8) is 0 Å². The van der Waals surface area contributed by atoms with Gasteiger partial charge in [-0.05, 0) is 31.9 Å². The number of amides is 1. The summed E-state index contributed by atoms with van der Waals surface area (Å²) < 4.78 is 5.67. The summed E-state index contributed by atoms with van der Waals surface area (Å²) in [4.78, 5) is 35.5. The SMILES string of the molecule is Cc1cncc(C2CCN(C(=O)c3cc(=O)c4ccccc4o3)CC2)n1. The van der Waals surface area contributed by atoms with Gasteiger partial charge in [-0.25, -0.2) is 0 Å². The highest BCUT2D eigenvalue weighted by molar-refractivity contribution is 5.93. The Kier molecular flexibility index (Phi) is 4.24. The van der Waals surface area contributed by atoms with Gasteiger partial charge in [0.15, 0.2) is 11.2 Å². The molecule has 1 fully saturated rings. The van der Waals surface area contributed by atoms with Gasteiger partial charge in [0.2, 0.25) is 0 Å². The Morgan fingerprint density at radius 1 is 1.19 bits per heavy atom. The zero-order valence-electron chi connectivity index (χ0n) is 14.5. The normalized spacial score (nSPS) is 15.3. The summed E-state index contributed by atoms with van der Waals surface area (Å²) in [5.74, 6) is 0.166. The van der Waals surface area contributed by atoms with Crippen LogP contribution in [0.4, 0.5) is 0 Å². The van der Waals surface area contributed by atoms with Crippen LogP contribution in [0.15, 0.2) is 51.9 Å². The average Bonchev–Trinajstić information content (AvgIpc) is 2.67. The molecule has 1 aliphatic heterocycles. The Balaban J connectivity index is 1.51. The number of nitrogens with zero attached hydrogens (tertiary/aromatic N) is 3. The fourth-order valence-electron chi connectivity index (χ4n) is 3.42. The standard InChI is InChI=1S/C20H19N3O3/c1-13-11-21-12-16(22-13)14-6-8-23(9-7-14)20(25)19-10-17(24)15-4-2-3-5-18(15)26-19/h2-5,10-12,14H,6-9H2,1H3. The molecule has 6 heteroatoms. The first-order valence-electron chi connectivity index (χ1n) is 8.72. The van der Waals surface area contributed by atoms with Crippen LogP contribution < -0.4 is 5.43 Å². The molecule has 0 aliphatic carbocycles. The summed E-state index contributed by atoms with van der Waals surface area (Å²) in [6.07, 6.45) is 5.19. The molecule has 0 radical (unpaired) electrons. The van der Waals surface area contributed by atoms with Crippen molar-refractivity contribution in [1.29, 1.82) is 0 Å². The van der Waals surface area contributed by atoms with Crippen molar-refractivity contribution in [3.05, 3.63) is 70.1 Å². The fourth-order valence-corrected chi connectivity index (χ4v) is 3.42. The number of hydrogen-bond acceptors (Lipinski definition) is 5. The van der Waals surface area contributed by atoms with Gasteiger partial charge >= 0.3 is 0 Å².